The Morgan fingerprint density at radius 1 is 1.28 bits per heavy atom. The smallest absolute Gasteiger partial charge is 0.308 e. The zero-order chi connectivity index (χ0) is 18.4. The number of benzene rings is 1. The van der Waals surface area contributed by atoms with Gasteiger partial charge in [0.25, 0.3) is 0 Å². The zero-order valence-electron chi connectivity index (χ0n) is 14.5. The molecule has 1 saturated carbocycles. The number of hydrogen-bond acceptors (Lipinski definition) is 5. The van der Waals surface area contributed by atoms with Crippen molar-refractivity contribution in [3.8, 4) is 0 Å². The highest BCUT2D eigenvalue weighted by Crippen LogP contribution is 2.28. The fraction of sp³-hybridized carbons (Fsp3) is 0.588. The Hall–Kier alpha value is -1.31. The fourth-order valence-corrected chi connectivity index (χ4v) is 4.48. The summed E-state index contributed by atoms with van der Waals surface area (Å²) < 4.78 is 32.8. The molecule has 0 aliphatic heterocycles. The van der Waals surface area contributed by atoms with E-state index >= 15 is 0 Å². The molecule has 0 unspecified atom stereocenters. The predicted molar refractivity (Wildman–Crippen MR) is 98.3 cm³/mol. The number of halogens is 1. The van der Waals surface area contributed by atoms with Crippen LogP contribution in [0.1, 0.15) is 39.0 Å². The lowest BCUT2D eigenvalue weighted by atomic mass is 9.86. The van der Waals surface area contributed by atoms with Crippen molar-refractivity contribution in [2.75, 3.05) is 19.0 Å². The first kappa shape index (κ1) is 20.0. The van der Waals surface area contributed by atoms with E-state index in [1.54, 1.807) is 12.1 Å². The molecule has 0 bridgehead atoms. The molecule has 1 fully saturated rings. The summed E-state index contributed by atoms with van der Waals surface area (Å²) in [6.07, 6.45) is 3.41. The second kappa shape index (κ2) is 8.87. The Labute approximate surface area is 154 Å². The lowest BCUT2D eigenvalue weighted by Crippen LogP contribution is -2.38. The van der Waals surface area contributed by atoms with Crippen LogP contribution in [0.5, 0.6) is 0 Å². The number of esters is 1. The van der Waals surface area contributed by atoms with Gasteiger partial charge < -0.3 is 10.1 Å². The minimum Gasteiger partial charge on any atom is -0.469 e. The molecule has 140 valence electrons. The molecule has 0 amide bonds. The summed E-state index contributed by atoms with van der Waals surface area (Å²) in [6, 6.07) is 4.47. The number of hydrogen-bond donors (Lipinski definition) is 2. The molecule has 2 N–H and O–H groups in total. The number of sulfonamides is 1. The van der Waals surface area contributed by atoms with E-state index in [-0.39, 0.29) is 22.8 Å². The molecular formula is C17H25ClN2O4S. The molecule has 0 atom stereocenters. The van der Waals surface area contributed by atoms with Crippen LogP contribution >= 0.6 is 11.6 Å². The number of nitrogens with one attached hydrogen (secondary N) is 2. The van der Waals surface area contributed by atoms with E-state index < -0.39 is 10.0 Å². The van der Waals surface area contributed by atoms with Crippen LogP contribution in [0, 0.1) is 5.92 Å². The van der Waals surface area contributed by atoms with Crippen molar-refractivity contribution in [1.82, 2.24) is 4.72 Å². The van der Waals surface area contributed by atoms with Gasteiger partial charge in [-0.05, 0) is 50.3 Å². The van der Waals surface area contributed by atoms with Crippen LogP contribution in [0.2, 0.25) is 5.02 Å². The van der Waals surface area contributed by atoms with E-state index in [0.717, 1.165) is 6.42 Å². The number of anilines is 1. The van der Waals surface area contributed by atoms with Gasteiger partial charge in [0.15, 0.2) is 0 Å². The molecule has 8 heteroatoms. The molecule has 0 radical (unpaired) electrons. The monoisotopic (exact) mass is 388 g/mol. The largest absolute Gasteiger partial charge is 0.469 e. The molecule has 6 nitrogen and oxygen atoms in total. The Kier molecular flexibility index (Phi) is 7.10. The highest BCUT2D eigenvalue weighted by molar-refractivity contribution is 7.89. The maximum Gasteiger partial charge on any atom is 0.308 e. The van der Waals surface area contributed by atoms with Gasteiger partial charge in [0.05, 0.1) is 28.6 Å². The lowest BCUT2D eigenvalue weighted by molar-refractivity contribution is -0.146. The van der Waals surface area contributed by atoms with Crippen LogP contribution in [-0.2, 0) is 19.6 Å². The van der Waals surface area contributed by atoms with Crippen LogP contribution in [0.4, 0.5) is 5.69 Å². The van der Waals surface area contributed by atoms with Gasteiger partial charge in [-0.25, -0.2) is 13.1 Å². The highest BCUT2D eigenvalue weighted by Gasteiger charge is 2.29. The second-order valence-electron chi connectivity index (χ2n) is 6.26. The van der Waals surface area contributed by atoms with Crippen molar-refractivity contribution < 1.29 is 17.9 Å². The quantitative estimate of drug-likeness (QED) is 0.701. The standard InChI is InChI=1S/C17H25ClN2O4S/c1-3-10-19-16-11-14(8-9-15(16)18)25(22,23)20-13-6-4-12(5-7-13)17(21)24-2/h8-9,11-13,19-20H,3-7,10H2,1-2H3/t12-,13-. The van der Waals surface area contributed by atoms with Gasteiger partial charge >= 0.3 is 5.97 Å². The summed E-state index contributed by atoms with van der Waals surface area (Å²) in [6.45, 7) is 2.74. The van der Waals surface area contributed by atoms with E-state index in [1.807, 2.05) is 6.92 Å². The van der Waals surface area contributed by atoms with Gasteiger partial charge in [-0.3, -0.25) is 4.79 Å². The lowest BCUT2D eigenvalue weighted by Gasteiger charge is -2.27. The summed E-state index contributed by atoms with van der Waals surface area (Å²) in [7, 11) is -2.26. The molecule has 1 aliphatic rings. The van der Waals surface area contributed by atoms with Crippen molar-refractivity contribution in [1.29, 1.82) is 0 Å². The van der Waals surface area contributed by atoms with Crippen LogP contribution in [0.25, 0.3) is 0 Å². The molecule has 2 rings (SSSR count). The second-order valence-corrected chi connectivity index (χ2v) is 8.38. The Morgan fingerprint density at radius 2 is 1.96 bits per heavy atom. The fourth-order valence-electron chi connectivity index (χ4n) is 2.97. The first-order valence-corrected chi connectivity index (χ1v) is 10.4. The molecule has 25 heavy (non-hydrogen) atoms. The van der Waals surface area contributed by atoms with E-state index in [1.165, 1.54) is 13.2 Å². The average Bonchev–Trinajstić information content (AvgIpc) is 2.60. The number of carbonyl (C=O) groups is 1. The molecule has 1 aromatic carbocycles. The molecule has 0 aromatic heterocycles. The summed E-state index contributed by atoms with van der Waals surface area (Å²) in [5.41, 5.74) is 0.612. The maximum absolute atomic E-state index is 12.6. The van der Waals surface area contributed by atoms with E-state index in [2.05, 4.69) is 10.0 Å². The maximum atomic E-state index is 12.6. The normalized spacial score (nSPS) is 20.9. The molecule has 1 aromatic rings. The Morgan fingerprint density at radius 3 is 2.56 bits per heavy atom. The van der Waals surface area contributed by atoms with Crippen molar-refractivity contribution in [3.05, 3.63) is 23.2 Å². The van der Waals surface area contributed by atoms with Crippen LogP contribution in [0.3, 0.4) is 0 Å². The Bertz CT molecular complexity index is 701. The van der Waals surface area contributed by atoms with Crippen molar-refractivity contribution in [3.63, 3.8) is 0 Å². The zero-order valence-corrected chi connectivity index (χ0v) is 16.1. The molecule has 1 aliphatic carbocycles. The third kappa shape index (κ3) is 5.33. The van der Waals surface area contributed by atoms with Gasteiger partial charge in [0.1, 0.15) is 0 Å². The molecule has 0 heterocycles. The predicted octanol–water partition coefficient (Wildman–Crippen LogP) is 3.17. The first-order chi connectivity index (χ1) is 11.9. The van der Waals surface area contributed by atoms with Crippen LogP contribution in [-0.4, -0.2) is 34.1 Å². The highest BCUT2D eigenvalue weighted by atomic mass is 35.5. The minimum absolute atomic E-state index is 0.133. The van der Waals surface area contributed by atoms with Crippen molar-refractivity contribution in [2.24, 2.45) is 5.92 Å². The van der Waals surface area contributed by atoms with E-state index in [9.17, 15) is 13.2 Å². The third-order valence-corrected chi connectivity index (χ3v) is 6.24. The van der Waals surface area contributed by atoms with Gasteiger partial charge in [-0.15, -0.1) is 0 Å². The summed E-state index contributed by atoms with van der Waals surface area (Å²) in [5, 5.41) is 3.62. The van der Waals surface area contributed by atoms with Crippen LogP contribution < -0.4 is 10.0 Å². The molecular weight excluding hydrogens is 364 g/mol. The number of rotatable bonds is 7. The topological polar surface area (TPSA) is 84.5 Å². The minimum atomic E-state index is -3.63. The van der Waals surface area contributed by atoms with Gasteiger partial charge in [0.2, 0.25) is 10.0 Å². The SMILES string of the molecule is CCCNc1cc(S(=O)(=O)N[C@H]2CC[C@H](C(=O)OC)CC2)ccc1Cl. The number of carbonyl (C=O) groups excluding carboxylic acids is 1. The van der Waals surface area contributed by atoms with E-state index in [0.29, 0.717) is 42.9 Å². The average molecular weight is 389 g/mol. The number of methoxy groups -OCH3 is 1. The van der Waals surface area contributed by atoms with Gasteiger partial charge in [0, 0.05) is 12.6 Å². The van der Waals surface area contributed by atoms with Crippen molar-refractivity contribution >= 4 is 33.3 Å². The van der Waals surface area contributed by atoms with Gasteiger partial charge in [-0.2, -0.15) is 0 Å². The number of ether oxygens (including phenoxy) is 1. The van der Waals surface area contributed by atoms with E-state index in [4.69, 9.17) is 16.3 Å². The molecule has 0 saturated heterocycles. The van der Waals surface area contributed by atoms with Gasteiger partial charge in [-0.1, -0.05) is 18.5 Å². The summed E-state index contributed by atoms with van der Waals surface area (Å²) in [5.74, 6) is -0.350. The summed E-state index contributed by atoms with van der Waals surface area (Å²) in [4.78, 5) is 11.7. The third-order valence-electron chi connectivity index (χ3n) is 4.40. The molecule has 0 spiro atoms. The van der Waals surface area contributed by atoms with Crippen LogP contribution in [0.15, 0.2) is 23.1 Å². The first-order valence-electron chi connectivity index (χ1n) is 8.51. The Balaban J connectivity index is 2.03. The summed E-state index contributed by atoms with van der Waals surface area (Å²) >= 11 is 6.11. The van der Waals surface area contributed by atoms with Crippen molar-refractivity contribution in [2.45, 2.75) is 50.0 Å².